The van der Waals surface area contributed by atoms with E-state index in [1.807, 2.05) is 36.2 Å². The minimum atomic E-state index is -3.73. The number of nitrogens with two attached hydrogens (primary N) is 1. The van der Waals surface area contributed by atoms with Crippen molar-refractivity contribution in [3.63, 3.8) is 0 Å². The number of nitrogens with one attached hydrogen (secondary N) is 1. The van der Waals surface area contributed by atoms with E-state index >= 15 is 0 Å². The Bertz CT molecular complexity index is 951. The lowest BCUT2D eigenvalue weighted by Crippen LogP contribution is -2.38. The fourth-order valence-corrected chi connectivity index (χ4v) is 3.30. The monoisotopic (exact) mass is 534 g/mol. The van der Waals surface area contributed by atoms with Gasteiger partial charge in [0.1, 0.15) is 11.5 Å². The Morgan fingerprint density at radius 1 is 1.17 bits per heavy atom. The van der Waals surface area contributed by atoms with Gasteiger partial charge in [0, 0.05) is 38.8 Å². The summed E-state index contributed by atoms with van der Waals surface area (Å²) in [5, 5.41) is 8.41. The number of nitrogens with zero attached hydrogens (tertiary/aromatic N) is 2. The number of ether oxygens (including phenoxy) is 2. The Labute approximate surface area is 189 Å². The highest BCUT2D eigenvalue weighted by atomic mass is 127. The molecule has 0 spiro atoms. The van der Waals surface area contributed by atoms with Gasteiger partial charge in [-0.25, -0.2) is 13.6 Å². The Morgan fingerprint density at radius 2 is 1.90 bits per heavy atom. The number of aliphatic imine (C=N–C) groups is 1. The van der Waals surface area contributed by atoms with Gasteiger partial charge in [-0.2, -0.15) is 0 Å². The van der Waals surface area contributed by atoms with E-state index in [-0.39, 0.29) is 28.9 Å². The number of hydrogen-bond donors (Lipinski definition) is 2. The first-order valence-electron chi connectivity index (χ1n) is 8.53. The topological polar surface area (TPSA) is 106 Å². The zero-order chi connectivity index (χ0) is 20.7. The average molecular weight is 534 g/mol. The molecule has 0 atom stereocenters. The Morgan fingerprint density at radius 3 is 2.48 bits per heavy atom. The number of hydrogen-bond acceptors (Lipinski definition) is 5. The molecule has 29 heavy (non-hydrogen) atoms. The van der Waals surface area contributed by atoms with E-state index in [2.05, 4.69) is 10.3 Å². The third kappa shape index (κ3) is 7.05. The first kappa shape index (κ1) is 25.0. The van der Waals surface area contributed by atoms with Crippen LogP contribution in [0.25, 0.3) is 0 Å². The van der Waals surface area contributed by atoms with Gasteiger partial charge in [-0.3, -0.25) is 4.99 Å². The van der Waals surface area contributed by atoms with E-state index in [1.165, 1.54) is 6.07 Å². The summed E-state index contributed by atoms with van der Waals surface area (Å²) in [6.45, 7) is 0.962. The van der Waals surface area contributed by atoms with Crippen LogP contribution in [0.1, 0.15) is 11.1 Å². The Balaban J connectivity index is 0.00000420. The lowest BCUT2D eigenvalue weighted by molar-refractivity contribution is 0.382. The highest BCUT2D eigenvalue weighted by Crippen LogP contribution is 2.25. The summed E-state index contributed by atoms with van der Waals surface area (Å²) in [4.78, 5) is 6.30. The molecule has 0 radical (unpaired) electrons. The van der Waals surface area contributed by atoms with Crippen LogP contribution in [0, 0.1) is 0 Å². The van der Waals surface area contributed by atoms with Gasteiger partial charge in [0.2, 0.25) is 10.0 Å². The van der Waals surface area contributed by atoms with Crippen molar-refractivity contribution >= 4 is 40.0 Å². The van der Waals surface area contributed by atoms with Gasteiger partial charge in [-0.1, -0.05) is 12.1 Å². The van der Waals surface area contributed by atoms with E-state index in [1.54, 1.807) is 33.4 Å². The van der Waals surface area contributed by atoms with Gasteiger partial charge in [0.15, 0.2) is 5.96 Å². The van der Waals surface area contributed by atoms with Crippen molar-refractivity contribution in [1.29, 1.82) is 0 Å². The molecule has 0 saturated heterocycles. The summed E-state index contributed by atoms with van der Waals surface area (Å²) >= 11 is 0. The van der Waals surface area contributed by atoms with E-state index in [0.717, 1.165) is 22.6 Å². The Hall–Kier alpha value is -2.05. The van der Waals surface area contributed by atoms with E-state index in [9.17, 15) is 8.42 Å². The quantitative estimate of drug-likeness (QED) is 0.321. The van der Waals surface area contributed by atoms with Crippen molar-refractivity contribution in [3.8, 4) is 11.5 Å². The fraction of sp³-hybridized carbons (Fsp3) is 0.316. The van der Waals surface area contributed by atoms with Crippen LogP contribution in [-0.2, 0) is 23.1 Å². The lowest BCUT2D eigenvalue weighted by atomic mass is 10.2. The van der Waals surface area contributed by atoms with Gasteiger partial charge >= 0.3 is 0 Å². The molecule has 0 fully saturated rings. The van der Waals surface area contributed by atoms with Crippen LogP contribution in [0.15, 0.2) is 52.4 Å². The second-order valence-corrected chi connectivity index (χ2v) is 7.69. The third-order valence-electron chi connectivity index (χ3n) is 4.15. The fourth-order valence-electron chi connectivity index (χ4n) is 2.71. The molecule has 0 aliphatic carbocycles. The molecule has 2 rings (SSSR count). The summed E-state index contributed by atoms with van der Waals surface area (Å²) in [6.07, 6.45) is 0. The first-order valence-corrected chi connectivity index (χ1v) is 10.1. The van der Waals surface area contributed by atoms with E-state index < -0.39 is 10.0 Å². The van der Waals surface area contributed by atoms with Crippen molar-refractivity contribution in [2.45, 2.75) is 18.0 Å². The molecule has 2 aromatic rings. The van der Waals surface area contributed by atoms with Gasteiger partial charge < -0.3 is 19.7 Å². The maximum atomic E-state index is 11.5. The van der Waals surface area contributed by atoms with Crippen molar-refractivity contribution < 1.29 is 17.9 Å². The molecule has 0 aliphatic heterocycles. The van der Waals surface area contributed by atoms with Gasteiger partial charge in [0.25, 0.3) is 0 Å². The minimum absolute atomic E-state index is 0. The van der Waals surface area contributed by atoms with Crippen molar-refractivity contribution in [1.82, 2.24) is 10.2 Å². The molecule has 0 aromatic heterocycles. The largest absolute Gasteiger partial charge is 0.497 e. The molecule has 0 heterocycles. The number of rotatable bonds is 7. The molecule has 0 aliphatic rings. The molecule has 3 N–H and O–H groups in total. The van der Waals surface area contributed by atoms with Gasteiger partial charge in [-0.15, -0.1) is 24.0 Å². The highest BCUT2D eigenvalue weighted by Gasteiger charge is 2.12. The molecule has 0 amide bonds. The van der Waals surface area contributed by atoms with Crippen LogP contribution < -0.4 is 19.9 Å². The second kappa shape index (κ2) is 11.2. The predicted molar refractivity (Wildman–Crippen MR) is 124 cm³/mol. The van der Waals surface area contributed by atoms with Crippen molar-refractivity contribution in [3.05, 3.63) is 53.6 Å². The van der Waals surface area contributed by atoms with E-state index in [4.69, 9.17) is 14.6 Å². The summed E-state index contributed by atoms with van der Waals surface area (Å²) in [5.74, 6) is 2.10. The van der Waals surface area contributed by atoms with Crippen LogP contribution in [0.5, 0.6) is 11.5 Å². The maximum Gasteiger partial charge on any atom is 0.238 e. The summed E-state index contributed by atoms with van der Waals surface area (Å²) < 4.78 is 33.7. The van der Waals surface area contributed by atoms with Gasteiger partial charge in [0.05, 0.1) is 19.1 Å². The molecule has 0 unspecified atom stereocenters. The summed E-state index contributed by atoms with van der Waals surface area (Å²) in [7, 11) is 3.08. The molecule has 10 heteroatoms. The Kier molecular flexibility index (Phi) is 9.66. The zero-order valence-electron chi connectivity index (χ0n) is 16.9. The van der Waals surface area contributed by atoms with Crippen LogP contribution in [-0.4, -0.2) is 47.6 Å². The number of methoxy groups -OCH3 is 2. The van der Waals surface area contributed by atoms with Crippen LogP contribution in [0.2, 0.25) is 0 Å². The highest BCUT2D eigenvalue weighted by molar-refractivity contribution is 14.0. The molecule has 160 valence electrons. The molecule has 8 nitrogen and oxygen atoms in total. The second-order valence-electron chi connectivity index (χ2n) is 6.13. The first-order chi connectivity index (χ1) is 13.3. The average Bonchev–Trinajstić information content (AvgIpc) is 2.68. The maximum absolute atomic E-state index is 11.5. The van der Waals surface area contributed by atoms with Crippen molar-refractivity contribution in [2.24, 2.45) is 10.1 Å². The number of guanidine groups is 1. The molecular weight excluding hydrogens is 507 g/mol. The van der Waals surface area contributed by atoms with Crippen LogP contribution in [0.3, 0.4) is 0 Å². The smallest absolute Gasteiger partial charge is 0.238 e. The molecular formula is C19H27IN4O4S. The molecule has 0 saturated carbocycles. The van der Waals surface area contributed by atoms with Crippen LogP contribution in [0.4, 0.5) is 0 Å². The lowest BCUT2D eigenvalue weighted by Gasteiger charge is -2.23. The predicted octanol–water partition coefficient (Wildman–Crippen LogP) is 2.18. The van der Waals surface area contributed by atoms with Gasteiger partial charge in [-0.05, 0) is 29.8 Å². The third-order valence-corrected chi connectivity index (χ3v) is 5.06. The SMILES string of the molecule is CN=C(NCc1cccc(S(N)(=O)=O)c1)N(C)Cc1ccc(OC)cc1OC.I. The summed E-state index contributed by atoms with van der Waals surface area (Å²) in [6, 6.07) is 12.1. The number of halogens is 1. The number of benzene rings is 2. The molecule has 0 bridgehead atoms. The normalized spacial score (nSPS) is 11.4. The molecule has 2 aromatic carbocycles. The standard InChI is InChI=1S/C19H26N4O4S.HI/c1-21-19(22-12-14-6-5-7-17(10-14)28(20,24)25)23(2)13-15-8-9-16(26-3)11-18(15)27-4;/h5-11H,12-13H2,1-4H3,(H,21,22)(H2,20,24,25);1H. The zero-order valence-corrected chi connectivity index (χ0v) is 20.0. The van der Waals surface area contributed by atoms with Crippen molar-refractivity contribution in [2.75, 3.05) is 28.3 Å². The summed E-state index contributed by atoms with van der Waals surface area (Å²) in [5.41, 5.74) is 1.76. The van der Waals surface area contributed by atoms with E-state index in [0.29, 0.717) is 19.0 Å². The number of sulfonamides is 1. The van der Waals surface area contributed by atoms with Crippen LogP contribution >= 0.6 is 24.0 Å². The number of primary sulfonamides is 1. The minimum Gasteiger partial charge on any atom is -0.497 e.